The number of aryl methyl sites for hydroxylation is 3. The Bertz CT molecular complexity index is 352. The molecular formula is C12H18KO2S. The monoisotopic (exact) mass is 265 g/mol. The predicted octanol–water partition coefficient (Wildman–Crippen LogP) is 2.57. The summed E-state index contributed by atoms with van der Waals surface area (Å²) >= 11 is -1.86. The third-order valence-electron chi connectivity index (χ3n) is 2.65. The first-order valence-corrected chi connectivity index (χ1v) is 6.50. The van der Waals surface area contributed by atoms with E-state index in [0.717, 1.165) is 30.4 Å². The molecule has 0 bridgehead atoms. The van der Waals surface area contributed by atoms with E-state index in [1.165, 1.54) is 5.56 Å². The molecular weight excluding hydrogens is 247 g/mol. The fourth-order valence-corrected chi connectivity index (χ4v) is 2.64. The van der Waals surface area contributed by atoms with Crippen molar-refractivity contribution < 1.29 is 8.76 Å². The van der Waals surface area contributed by atoms with Gasteiger partial charge in [0.15, 0.2) is 11.1 Å². The van der Waals surface area contributed by atoms with Gasteiger partial charge >= 0.3 is 0 Å². The van der Waals surface area contributed by atoms with Crippen LogP contribution < -0.4 is 0 Å². The first kappa shape index (κ1) is 17.0. The van der Waals surface area contributed by atoms with E-state index in [1.54, 1.807) is 0 Å². The van der Waals surface area contributed by atoms with Crippen molar-refractivity contribution >= 4 is 62.5 Å². The third kappa shape index (κ3) is 4.01. The van der Waals surface area contributed by atoms with Gasteiger partial charge in [0.1, 0.15) is 0 Å². The van der Waals surface area contributed by atoms with Crippen LogP contribution in [-0.4, -0.2) is 60.1 Å². The number of hydrogen-bond acceptors (Lipinski definition) is 1. The molecule has 0 saturated heterocycles. The minimum atomic E-state index is -1.86. The zero-order chi connectivity index (χ0) is 11.4. The summed E-state index contributed by atoms with van der Waals surface area (Å²) in [7, 11) is 0. The van der Waals surface area contributed by atoms with Crippen LogP contribution in [0.2, 0.25) is 0 Å². The summed E-state index contributed by atoms with van der Waals surface area (Å²) in [5.41, 5.74) is 3.26. The normalized spacial score (nSPS) is 12.0. The molecule has 2 nitrogen and oxygen atoms in total. The second-order valence-electron chi connectivity index (χ2n) is 3.55. The van der Waals surface area contributed by atoms with Crippen LogP contribution in [0.3, 0.4) is 0 Å². The average Bonchev–Trinajstić information content (AvgIpc) is 2.26. The minimum Gasteiger partial charge on any atom is -0.302 e. The zero-order valence-corrected chi connectivity index (χ0v) is 14.5. The molecule has 1 aromatic rings. The summed E-state index contributed by atoms with van der Waals surface area (Å²) in [6, 6.07) is 4.09. The Morgan fingerprint density at radius 3 is 1.75 bits per heavy atom. The van der Waals surface area contributed by atoms with Crippen LogP contribution in [0.1, 0.15) is 37.5 Å². The molecule has 4 heteroatoms. The van der Waals surface area contributed by atoms with Crippen molar-refractivity contribution in [3.63, 3.8) is 0 Å². The standard InChI is InChI=1S/C12H18O2S.K/c1-4-9-7-10(5-2)12(15(13)14)11(6-3)8-9;/h7-8H,4-6H2,1-3H3,(H,13,14);. The van der Waals surface area contributed by atoms with Gasteiger partial charge in [-0.1, -0.05) is 32.9 Å². The largest absolute Gasteiger partial charge is 0.302 e. The maximum atomic E-state index is 11.3. The molecule has 16 heavy (non-hydrogen) atoms. The fourth-order valence-electron chi connectivity index (χ4n) is 1.78. The topological polar surface area (TPSA) is 37.3 Å². The maximum absolute atomic E-state index is 11.3. The SMILES string of the molecule is CCc1cc(CC)c(S(=O)O)c(CC)c1.[K]. The summed E-state index contributed by atoms with van der Waals surface area (Å²) in [4.78, 5) is 0.622. The molecule has 0 fully saturated rings. The Balaban J connectivity index is 0.00000225. The van der Waals surface area contributed by atoms with E-state index in [4.69, 9.17) is 0 Å². The molecule has 0 aromatic heterocycles. The van der Waals surface area contributed by atoms with E-state index in [1.807, 2.05) is 26.0 Å². The van der Waals surface area contributed by atoms with Gasteiger partial charge in [-0.15, -0.1) is 0 Å². The summed E-state index contributed by atoms with van der Waals surface area (Å²) in [5.74, 6) is 0. The molecule has 0 spiro atoms. The Kier molecular flexibility index (Phi) is 8.63. The zero-order valence-electron chi connectivity index (χ0n) is 10.5. The summed E-state index contributed by atoms with van der Waals surface area (Å²) in [6.45, 7) is 6.14. The van der Waals surface area contributed by atoms with Gasteiger partial charge in [-0.3, -0.25) is 0 Å². The Morgan fingerprint density at radius 1 is 1.06 bits per heavy atom. The number of rotatable bonds is 4. The fraction of sp³-hybridized carbons (Fsp3) is 0.500. The van der Waals surface area contributed by atoms with E-state index in [0.29, 0.717) is 4.90 Å². The number of hydrogen-bond donors (Lipinski definition) is 1. The molecule has 0 aliphatic carbocycles. The number of benzene rings is 1. The molecule has 1 radical (unpaired) electrons. The van der Waals surface area contributed by atoms with Crippen LogP contribution in [0.4, 0.5) is 0 Å². The predicted molar refractivity (Wildman–Crippen MR) is 69.4 cm³/mol. The second-order valence-corrected chi connectivity index (χ2v) is 4.46. The van der Waals surface area contributed by atoms with E-state index in [-0.39, 0.29) is 51.4 Å². The van der Waals surface area contributed by atoms with Gasteiger partial charge in [0, 0.05) is 51.4 Å². The Labute approximate surface area is 143 Å². The first-order valence-electron chi connectivity index (χ1n) is 5.39. The van der Waals surface area contributed by atoms with Crippen molar-refractivity contribution in [1.29, 1.82) is 0 Å². The molecule has 0 aliphatic rings. The van der Waals surface area contributed by atoms with Gasteiger partial charge in [-0.2, -0.15) is 0 Å². The molecule has 1 atom stereocenters. The van der Waals surface area contributed by atoms with E-state index < -0.39 is 11.1 Å². The smallest absolute Gasteiger partial charge is 0.187 e. The Morgan fingerprint density at radius 2 is 1.50 bits per heavy atom. The average molecular weight is 265 g/mol. The van der Waals surface area contributed by atoms with Crippen LogP contribution in [0, 0.1) is 0 Å². The molecule has 1 rings (SSSR count). The minimum absolute atomic E-state index is 0. The summed E-state index contributed by atoms with van der Waals surface area (Å²) < 4.78 is 20.6. The molecule has 85 valence electrons. The maximum Gasteiger partial charge on any atom is 0.187 e. The third-order valence-corrected chi connectivity index (χ3v) is 3.52. The van der Waals surface area contributed by atoms with Gasteiger partial charge in [-0.25, -0.2) is 4.21 Å². The van der Waals surface area contributed by atoms with Crippen LogP contribution >= 0.6 is 0 Å². The quantitative estimate of drug-likeness (QED) is 0.671. The van der Waals surface area contributed by atoms with Crippen LogP contribution in [0.25, 0.3) is 0 Å². The van der Waals surface area contributed by atoms with Crippen molar-refractivity contribution in [2.75, 3.05) is 0 Å². The Hall–Kier alpha value is 0.966. The van der Waals surface area contributed by atoms with Gasteiger partial charge in [-0.05, 0) is 36.0 Å². The molecule has 0 amide bonds. The van der Waals surface area contributed by atoms with Crippen molar-refractivity contribution in [3.8, 4) is 0 Å². The van der Waals surface area contributed by atoms with E-state index in [2.05, 4.69) is 6.92 Å². The molecule has 1 aromatic carbocycles. The van der Waals surface area contributed by atoms with Crippen molar-refractivity contribution in [3.05, 3.63) is 28.8 Å². The molecule has 0 heterocycles. The summed E-state index contributed by atoms with van der Waals surface area (Å²) in [6.07, 6.45) is 2.59. The van der Waals surface area contributed by atoms with Gasteiger partial charge in [0.25, 0.3) is 0 Å². The van der Waals surface area contributed by atoms with Crippen LogP contribution in [0.5, 0.6) is 0 Å². The molecule has 1 unspecified atom stereocenters. The first-order chi connectivity index (χ1) is 7.13. The summed E-state index contributed by atoms with van der Waals surface area (Å²) in [5, 5.41) is 0. The van der Waals surface area contributed by atoms with Crippen LogP contribution in [-0.2, 0) is 30.3 Å². The van der Waals surface area contributed by atoms with Gasteiger partial charge in [0.05, 0.1) is 4.90 Å². The van der Waals surface area contributed by atoms with Crippen LogP contribution in [0.15, 0.2) is 17.0 Å². The van der Waals surface area contributed by atoms with E-state index in [9.17, 15) is 8.76 Å². The van der Waals surface area contributed by atoms with Crippen molar-refractivity contribution in [1.82, 2.24) is 0 Å². The van der Waals surface area contributed by atoms with E-state index >= 15 is 0 Å². The molecule has 1 N–H and O–H groups in total. The molecule has 0 aliphatic heterocycles. The van der Waals surface area contributed by atoms with Crippen molar-refractivity contribution in [2.24, 2.45) is 0 Å². The van der Waals surface area contributed by atoms with Gasteiger partial charge < -0.3 is 4.55 Å². The van der Waals surface area contributed by atoms with Crippen molar-refractivity contribution in [2.45, 2.75) is 44.9 Å². The molecule has 0 saturated carbocycles. The second kappa shape index (κ2) is 8.14. The van der Waals surface area contributed by atoms with Gasteiger partial charge in [0.2, 0.25) is 0 Å².